The first-order valence-electron chi connectivity index (χ1n) is 7.84. The molecular weight excluding hydrogens is 346 g/mol. The summed E-state index contributed by atoms with van der Waals surface area (Å²) in [5.74, 6) is 0. The van der Waals surface area contributed by atoms with E-state index in [2.05, 4.69) is 18.4 Å². The quantitative estimate of drug-likeness (QED) is 0.845. The van der Waals surface area contributed by atoms with Crippen molar-refractivity contribution in [2.24, 2.45) is 0 Å². The molecule has 0 fully saturated rings. The van der Waals surface area contributed by atoms with Crippen LogP contribution in [0.1, 0.15) is 23.4 Å². The number of nitrogens with one attached hydrogen (secondary N) is 1. The largest absolute Gasteiger partial charge is 0.311 e. The van der Waals surface area contributed by atoms with Gasteiger partial charge in [-0.25, -0.2) is 12.7 Å². The molecule has 6 nitrogen and oxygen atoms in total. The van der Waals surface area contributed by atoms with E-state index in [9.17, 15) is 13.2 Å². The lowest BCUT2D eigenvalue weighted by atomic mass is 10.0. The van der Waals surface area contributed by atoms with Gasteiger partial charge in [-0.3, -0.25) is 9.36 Å². The van der Waals surface area contributed by atoms with E-state index in [0.29, 0.717) is 12.7 Å². The molecule has 3 heterocycles. The highest BCUT2D eigenvalue weighted by Crippen LogP contribution is 2.24. The highest BCUT2D eigenvalue weighted by Gasteiger charge is 2.28. The van der Waals surface area contributed by atoms with Crippen molar-refractivity contribution in [1.29, 1.82) is 0 Å². The Balaban J connectivity index is 1.90. The van der Waals surface area contributed by atoms with Gasteiger partial charge >= 0.3 is 0 Å². The van der Waals surface area contributed by atoms with Crippen LogP contribution >= 0.6 is 11.3 Å². The number of aromatic nitrogens is 1. The third-order valence-corrected chi connectivity index (χ3v) is 7.44. The van der Waals surface area contributed by atoms with Crippen LogP contribution in [-0.2, 0) is 23.1 Å². The maximum Gasteiger partial charge on any atom is 0.254 e. The van der Waals surface area contributed by atoms with E-state index in [-0.39, 0.29) is 10.5 Å². The van der Waals surface area contributed by atoms with Crippen molar-refractivity contribution in [1.82, 2.24) is 8.87 Å². The second-order valence-electron chi connectivity index (χ2n) is 6.30. The fraction of sp³-hybridized carbons (Fsp3) is 0.438. The molecule has 2 aromatic heterocycles. The molecule has 1 N–H and O–H groups in total. The lowest BCUT2D eigenvalue weighted by molar-refractivity contribution is -0.953. The molecule has 24 heavy (non-hydrogen) atoms. The van der Waals surface area contributed by atoms with Crippen LogP contribution < -0.4 is 10.5 Å². The molecule has 8 heteroatoms. The summed E-state index contributed by atoms with van der Waals surface area (Å²) in [5, 5.41) is 2.11. The first-order valence-corrected chi connectivity index (χ1v) is 10.2. The zero-order chi connectivity index (χ0) is 17.5. The van der Waals surface area contributed by atoms with Crippen LogP contribution in [-0.4, -0.2) is 37.9 Å². The van der Waals surface area contributed by atoms with Gasteiger partial charge in [0.1, 0.15) is 6.04 Å². The Bertz CT molecular complexity index is 899. The van der Waals surface area contributed by atoms with Gasteiger partial charge in [-0.15, -0.1) is 11.3 Å². The van der Waals surface area contributed by atoms with Gasteiger partial charge in [-0.05, 0) is 24.4 Å². The van der Waals surface area contributed by atoms with E-state index in [0.717, 1.165) is 17.3 Å². The molecule has 0 aliphatic carbocycles. The number of rotatable bonds is 4. The van der Waals surface area contributed by atoms with Gasteiger partial charge in [0.05, 0.1) is 11.4 Å². The Hall–Kier alpha value is -1.48. The fourth-order valence-electron chi connectivity index (χ4n) is 3.08. The molecule has 0 radical (unpaired) electrons. The average Bonchev–Trinajstić information content (AvgIpc) is 3.01. The maximum absolute atomic E-state index is 12.3. The number of pyridine rings is 1. The lowest BCUT2D eigenvalue weighted by Gasteiger charge is -2.30. The van der Waals surface area contributed by atoms with Crippen molar-refractivity contribution in [3.63, 3.8) is 0 Å². The third kappa shape index (κ3) is 3.06. The van der Waals surface area contributed by atoms with Gasteiger partial charge in [-0.2, -0.15) is 0 Å². The summed E-state index contributed by atoms with van der Waals surface area (Å²) in [4.78, 5) is 15.0. The summed E-state index contributed by atoms with van der Waals surface area (Å²) in [6, 6.07) is 5.15. The van der Waals surface area contributed by atoms with E-state index >= 15 is 0 Å². The number of fused-ring (bicyclic) bond motifs is 1. The van der Waals surface area contributed by atoms with E-state index in [4.69, 9.17) is 0 Å². The highest BCUT2D eigenvalue weighted by molar-refractivity contribution is 7.89. The molecule has 130 valence electrons. The molecule has 1 unspecified atom stereocenters. The minimum atomic E-state index is -3.54. The smallest absolute Gasteiger partial charge is 0.254 e. The molecule has 1 aliphatic heterocycles. The Morgan fingerprint density at radius 2 is 2.08 bits per heavy atom. The third-order valence-electron chi connectivity index (χ3n) is 4.64. The van der Waals surface area contributed by atoms with Gasteiger partial charge < -0.3 is 4.90 Å². The Morgan fingerprint density at radius 1 is 1.33 bits per heavy atom. The molecule has 0 aromatic carbocycles. The standard InChI is InChI=1S/C16H21N3O3S2/c1-12-14-7-9-23-15(14)6-8-18(12)11-19-10-13(4-5-16(19)20)24(21,22)17(2)3/h4-5,7,9-10,12H,6,8,11H2,1-3H3/p+1/t12-/m0/s1. The monoisotopic (exact) mass is 368 g/mol. The molecule has 2 aromatic rings. The number of nitrogens with zero attached hydrogens (tertiary/aromatic N) is 2. The molecule has 0 saturated carbocycles. The van der Waals surface area contributed by atoms with Crippen LogP contribution in [0.4, 0.5) is 0 Å². The van der Waals surface area contributed by atoms with Crippen LogP contribution in [0.2, 0.25) is 0 Å². The van der Waals surface area contributed by atoms with E-state index in [1.54, 1.807) is 11.3 Å². The summed E-state index contributed by atoms with van der Waals surface area (Å²) in [5.41, 5.74) is 1.16. The van der Waals surface area contributed by atoms with Gasteiger partial charge in [0, 0.05) is 43.2 Å². The summed E-state index contributed by atoms with van der Waals surface area (Å²) in [6.07, 6.45) is 2.46. The van der Waals surface area contributed by atoms with Crippen LogP contribution in [0.15, 0.2) is 39.5 Å². The van der Waals surface area contributed by atoms with Gasteiger partial charge in [-0.1, -0.05) is 0 Å². The van der Waals surface area contributed by atoms with Gasteiger partial charge in [0.25, 0.3) is 5.56 Å². The zero-order valence-electron chi connectivity index (χ0n) is 14.0. The summed E-state index contributed by atoms with van der Waals surface area (Å²) >= 11 is 1.78. The average molecular weight is 369 g/mol. The van der Waals surface area contributed by atoms with E-state index in [1.165, 1.54) is 52.3 Å². The Morgan fingerprint density at radius 3 is 2.79 bits per heavy atom. The van der Waals surface area contributed by atoms with Crippen molar-refractivity contribution >= 4 is 21.4 Å². The number of sulfonamides is 1. The normalized spacial score (nSPS) is 21.0. The minimum Gasteiger partial charge on any atom is -0.311 e. The second-order valence-corrected chi connectivity index (χ2v) is 9.45. The molecule has 0 amide bonds. The minimum absolute atomic E-state index is 0.146. The molecule has 0 spiro atoms. The van der Waals surface area contributed by atoms with Crippen LogP contribution in [0.3, 0.4) is 0 Å². The van der Waals surface area contributed by atoms with Crippen LogP contribution in [0.5, 0.6) is 0 Å². The maximum atomic E-state index is 12.3. The molecule has 1 aliphatic rings. The summed E-state index contributed by atoms with van der Waals surface area (Å²) < 4.78 is 27.2. The predicted octanol–water partition coefficient (Wildman–Crippen LogP) is 0.320. The molecule has 0 saturated heterocycles. The number of quaternary nitrogens is 1. The van der Waals surface area contributed by atoms with Crippen molar-refractivity contribution in [2.45, 2.75) is 31.0 Å². The first-order chi connectivity index (χ1) is 11.3. The SMILES string of the molecule is C[C@H]1c2ccsc2CC[NH+]1Cn1cc(S(=O)(=O)N(C)C)ccc1=O. The van der Waals surface area contributed by atoms with Crippen molar-refractivity contribution in [3.8, 4) is 0 Å². The van der Waals surface area contributed by atoms with E-state index < -0.39 is 10.0 Å². The molecule has 3 rings (SSSR count). The Kier molecular flexibility index (Phi) is 4.65. The second kappa shape index (κ2) is 6.44. The first kappa shape index (κ1) is 17.3. The molecule has 0 bridgehead atoms. The fourth-order valence-corrected chi connectivity index (χ4v) is 4.98. The molecule has 2 atom stereocenters. The Labute approximate surface area is 146 Å². The van der Waals surface area contributed by atoms with E-state index in [1.807, 2.05) is 0 Å². The molecular formula is C16H22N3O3S2+. The summed E-state index contributed by atoms with van der Waals surface area (Å²) in [6.45, 7) is 3.56. The lowest BCUT2D eigenvalue weighted by Crippen LogP contribution is -3.12. The number of thiophene rings is 1. The van der Waals surface area contributed by atoms with Crippen molar-refractivity contribution in [2.75, 3.05) is 20.6 Å². The topological polar surface area (TPSA) is 63.8 Å². The van der Waals surface area contributed by atoms with Crippen molar-refractivity contribution in [3.05, 3.63) is 50.6 Å². The number of hydrogen-bond donors (Lipinski definition) is 1. The number of hydrogen-bond acceptors (Lipinski definition) is 4. The summed E-state index contributed by atoms with van der Waals surface area (Å²) in [7, 11) is -0.570. The zero-order valence-corrected chi connectivity index (χ0v) is 15.7. The van der Waals surface area contributed by atoms with Crippen LogP contribution in [0.25, 0.3) is 0 Å². The van der Waals surface area contributed by atoms with Crippen molar-refractivity contribution < 1.29 is 13.3 Å². The predicted molar refractivity (Wildman–Crippen MR) is 93.8 cm³/mol. The van der Waals surface area contributed by atoms with Crippen LogP contribution in [0, 0.1) is 0 Å². The van der Waals surface area contributed by atoms with Gasteiger partial charge in [0.15, 0.2) is 6.67 Å². The van der Waals surface area contributed by atoms with Gasteiger partial charge in [0.2, 0.25) is 10.0 Å². The highest BCUT2D eigenvalue weighted by atomic mass is 32.2.